The molecular formula is C14H11Br2NO4. The zero-order valence-electron chi connectivity index (χ0n) is 10.8. The van der Waals surface area contributed by atoms with Crippen LogP contribution in [0.2, 0.25) is 0 Å². The van der Waals surface area contributed by atoms with Crippen LogP contribution in [-0.2, 0) is 13.2 Å². The first-order valence-corrected chi connectivity index (χ1v) is 7.54. The van der Waals surface area contributed by atoms with Crippen molar-refractivity contribution >= 4 is 37.5 Å². The minimum absolute atomic E-state index is 0.000581. The molecule has 1 N–H and O–H groups in total. The van der Waals surface area contributed by atoms with Crippen LogP contribution in [-0.4, -0.2) is 10.0 Å². The molecule has 0 unspecified atom stereocenters. The molecule has 21 heavy (non-hydrogen) atoms. The van der Waals surface area contributed by atoms with Crippen molar-refractivity contribution in [2.45, 2.75) is 13.2 Å². The van der Waals surface area contributed by atoms with E-state index in [2.05, 4.69) is 31.9 Å². The van der Waals surface area contributed by atoms with Crippen molar-refractivity contribution in [3.05, 3.63) is 66.6 Å². The molecular weight excluding hydrogens is 406 g/mol. The number of nitro benzene ring substituents is 1. The first-order chi connectivity index (χ1) is 10.0. The predicted molar refractivity (Wildman–Crippen MR) is 85.2 cm³/mol. The van der Waals surface area contributed by atoms with Crippen molar-refractivity contribution in [2.75, 3.05) is 0 Å². The van der Waals surface area contributed by atoms with Gasteiger partial charge in [0.15, 0.2) is 0 Å². The molecule has 0 aliphatic rings. The topological polar surface area (TPSA) is 72.6 Å². The molecule has 0 spiro atoms. The number of rotatable bonds is 5. The molecule has 0 radical (unpaired) electrons. The minimum atomic E-state index is -0.465. The molecule has 7 heteroatoms. The zero-order valence-corrected chi connectivity index (χ0v) is 13.9. The summed E-state index contributed by atoms with van der Waals surface area (Å²) in [6.45, 7) is 0.321. The van der Waals surface area contributed by atoms with Gasteiger partial charge < -0.3 is 9.84 Å². The van der Waals surface area contributed by atoms with Crippen molar-refractivity contribution in [3.8, 4) is 5.75 Å². The van der Waals surface area contributed by atoms with Gasteiger partial charge in [0.25, 0.3) is 5.69 Å². The van der Waals surface area contributed by atoms with Crippen molar-refractivity contribution in [3.63, 3.8) is 0 Å². The third-order valence-corrected chi connectivity index (χ3v) is 3.96. The highest BCUT2D eigenvalue weighted by Gasteiger charge is 2.15. The maximum absolute atomic E-state index is 10.8. The van der Waals surface area contributed by atoms with Gasteiger partial charge in [0.2, 0.25) is 0 Å². The summed E-state index contributed by atoms with van der Waals surface area (Å²) in [5, 5.41) is 19.7. The molecule has 110 valence electrons. The number of hydrogen-bond donors (Lipinski definition) is 1. The van der Waals surface area contributed by atoms with Gasteiger partial charge in [-0.25, -0.2) is 0 Å². The summed E-state index contributed by atoms with van der Waals surface area (Å²) in [6, 6.07) is 10.2. The second kappa shape index (κ2) is 7.02. The van der Waals surface area contributed by atoms with E-state index in [-0.39, 0.29) is 12.3 Å². The van der Waals surface area contributed by atoms with Gasteiger partial charge in [0, 0.05) is 12.1 Å². The molecule has 0 aromatic heterocycles. The van der Waals surface area contributed by atoms with Crippen LogP contribution in [0, 0.1) is 10.1 Å². The van der Waals surface area contributed by atoms with Gasteiger partial charge in [-0.05, 0) is 43.0 Å². The number of non-ortho nitro benzene ring substituents is 1. The van der Waals surface area contributed by atoms with Crippen molar-refractivity contribution < 1.29 is 14.8 Å². The monoisotopic (exact) mass is 415 g/mol. The van der Waals surface area contributed by atoms with E-state index >= 15 is 0 Å². The van der Waals surface area contributed by atoms with Crippen LogP contribution < -0.4 is 4.74 Å². The highest BCUT2D eigenvalue weighted by Crippen LogP contribution is 2.37. The van der Waals surface area contributed by atoms with Crippen molar-refractivity contribution in [2.24, 2.45) is 0 Å². The lowest BCUT2D eigenvalue weighted by molar-refractivity contribution is -0.385. The summed E-state index contributed by atoms with van der Waals surface area (Å²) in [5.74, 6) is 0.506. The zero-order chi connectivity index (χ0) is 15.4. The Kier molecular flexibility index (Phi) is 5.33. The Morgan fingerprint density at radius 2 is 1.62 bits per heavy atom. The maximum atomic E-state index is 10.8. The molecule has 0 amide bonds. The number of aliphatic hydroxyl groups is 1. The SMILES string of the molecule is O=[N+]([O-])c1cc(Br)c(OCc2ccc(CO)cc2)c(Br)c1. The van der Waals surface area contributed by atoms with Crippen LogP contribution in [0.1, 0.15) is 11.1 Å². The van der Waals surface area contributed by atoms with Crippen LogP contribution in [0.25, 0.3) is 0 Å². The van der Waals surface area contributed by atoms with E-state index < -0.39 is 4.92 Å². The van der Waals surface area contributed by atoms with Crippen LogP contribution >= 0.6 is 31.9 Å². The number of ether oxygens (including phenoxy) is 1. The van der Waals surface area contributed by atoms with Gasteiger partial charge in [-0.3, -0.25) is 10.1 Å². The molecule has 0 aliphatic carbocycles. The largest absolute Gasteiger partial charge is 0.487 e. The lowest BCUT2D eigenvalue weighted by Gasteiger charge is -2.10. The first kappa shape index (κ1) is 15.9. The number of nitro groups is 1. The first-order valence-electron chi connectivity index (χ1n) is 5.96. The second-order valence-electron chi connectivity index (χ2n) is 4.26. The van der Waals surface area contributed by atoms with Crippen molar-refractivity contribution in [1.82, 2.24) is 0 Å². The summed E-state index contributed by atoms with van der Waals surface area (Å²) in [6.07, 6.45) is 0. The fourth-order valence-electron chi connectivity index (χ4n) is 1.69. The molecule has 0 atom stereocenters. The average molecular weight is 417 g/mol. The Bertz CT molecular complexity index is 636. The molecule has 0 saturated heterocycles. The van der Waals surface area contributed by atoms with E-state index in [1.54, 1.807) is 0 Å². The Morgan fingerprint density at radius 1 is 1.10 bits per heavy atom. The lowest BCUT2D eigenvalue weighted by Crippen LogP contribution is -1.98. The Balaban J connectivity index is 2.14. The Morgan fingerprint density at radius 3 is 2.10 bits per heavy atom. The summed E-state index contributed by atoms with van der Waals surface area (Å²) in [5.41, 5.74) is 1.74. The van der Waals surface area contributed by atoms with Gasteiger partial charge in [0.1, 0.15) is 12.4 Å². The third-order valence-electron chi connectivity index (χ3n) is 2.78. The van der Waals surface area contributed by atoms with E-state index in [9.17, 15) is 10.1 Å². The molecule has 2 aromatic carbocycles. The normalized spacial score (nSPS) is 10.4. The third kappa shape index (κ3) is 4.03. The van der Waals surface area contributed by atoms with Crippen LogP contribution in [0.3, 0.4) is 0 Å². The average Bonchev–Trinajstić information content (AvgIpc) is 2.46. The number of halogens is 2. The summed E-state index contributed by atoms with van der Waals surface area (Å²) >= 11 is 6.54. The van der Waals surface area contributed by atoms with Gasteiger partial charge in [-0.1, -0.05) is 24.3 Å². The quantitative estimate of drug-likeness (QED) is 0.585. The van der Waals surface area contributed by atoms with Gasteiger partial charge in [-0.2, -0.15) is 0 Å². The smallest absolute Gasteiger partial charge is 0.271 e. The number of hydrogen-bond acceptors (Lipinski definition) is 4. The predicted octanol–water partition coefficient (Wildman–Crippen LogP) is 4.19. The van der Waals surface area contributed by atoms with E-state index in [0.29, 0.717) is 21.3 Å². The summed E-state index contributed by atoms with van der Waals surface area (Å²) in [4.78, 5) is 10.3. The maximum Gasteiger partial charge on any atom is 0.271 e. The fraction of sp³-hybridized carbons (Fsp3) is 0.143. The lowest BCUT2D eigenvalue weighted by atomic mass is 10.1. The van der Waals surface area contributed by atoms with E-state index in [4.69, 9.17) is 9.84 Å². The summed E-state index contributed by atoms with van der Waals surface area (Å²) in [7, 11) is 0. The molecule has 2 rings (SSSR count). The molecule has 0 saturated carbocycles. The minimum Gasteiger partial charge on any atom is -0.487 e. The van der Waals surface area contributed by atoms with Crippen LogP contribution in [0.4, 0.5) is 5.69 Å². The highest BCUT2D eigenvalue weighted by molar-refractivity contribution is 9.11. The molecule has 0 fully saturated rings. The summed E-state index contributed by atoms with van der Waals surface area (Å²) < 4.78 is 6.70. The van der Waals surface area contributed by atoms with E-state index in [1.165, 1.54) is 12.1 Å². The number of nitrogens with zero attached hydrogens (tertiary/aromatic N) is 1. The Labute approximate surface area is 138 Å². The van der Waals surface area contributed by atoms with Gasteiger partial charge >= 0.3 is 0 Å². The molecule has 2 aromatic rings. The van der Waals surface area contributed by atoms with E-state index in [1.807, 2.05) is 24.3 Å². The molecule has 0 bridgehead atoms. The van der Waals surface area contributed by atoms with Crippen molar-refractivity contribution in [1.29, 1.82) is 0 Å². The van der Waals surface area contributed by atoms with Crippen LogP contribution in [0.15, 0.2) is 45.3 Å². The molecule has 0 heterocycles. The number of benzene rings is 2. The Hall–Kier alpha value is -1.44. The second-order valence-corrected chi connectivity index (χ2v) is 5.97. The highest BCUT2D eigenvalue weighted by atomic mass is 79.9. The van der Waals surface area contributed by atoms with Gasteiger partial charge in [-0.15, -0.1) is 0 Å². The fourth-order valence-corrected chi connectivity index (χ4v) is 3.08. The number of aliphatic hydroxyl groups excluding tert-OH is 1. The standard InChI is InChI=1S/C14H11Br2NO4/c15-12-5-11(17(19)20)6-13(16)14(12)21-8-10-3-1-9(7-18)2-4-10/h1-6,18H,7-8H2. The molecule has 5 nitrogen and oxygen atoms in total. The molecule has 0 aliphatic heterocycles. The van der Waals surface area contributed by atoms with Gasteiger partial charge in [0.05, 0.1) is 20.5 Å². The van der Waals surface area contributed by atoms with E-state index in [0.717, 1.165) is 11.1 Å². The van der Waals surface area contributed by atoms with Crippen LogP contribution in [0.5, 0.6) is 5.75 Å².